The fourth-order valence-electron chi connectivity index (χ4n) is 11.1. The molecular formula is C70H113N. The molecule has 0 saturated carbocycles. The second-order valence-corrected chi connectivity index (χ2v) is 25.8. The van der Waals surface area contributed by atoms with E-state index in [-0.39, 0.29) is 0 Å². The molecule has 0 spiro atoms. The van der Waals surface area contributed by atoms with Crippen LogP contribution in [0.2, 0.25) is 0 Å². The zero-order chi connectivity index (χ0) is 53.9. The normalized spacial score (nSPS) is 12.2. The highest BCUT2D eigenvalue weighted by molar-refractivity contribution is 5.84. The summed E-state index contributed by atoms with van der Waals surface area (Å²) in [6.07, 6.45) is 7.05. The van der Waals surface area contributed by atoms with Gasteiger partial charge in [0.1, 0.15) is 0 Å². The lowest BCUT2D eigenvalue weighted by Crippen LogP contribution is -2.19. The summed E-state index contributed by atoms with van der Waals surface area (Å²) in [6, 6.07) is 34.1. The van der Waals surface area contributed by atoms with Crippen LogP contribution >= 0.6 is 0 Å². The quantitative estimate of drug-likeness (QED) is 0.0800. The predicted octanol–water partition coefficient (Wildman–Crippen LogP) is 21.6. The third-order valence-electron chi connectivity index (χ3n) is 16.1. The summed E-state index contributed by atoms with van der Waals surface area (Å²) in [5, 5.41) is 1.42. The summed E-state index contributed by atoms with van der Waals surface area (Å²) in [6.45, 7) is 55.7. The number of fused-ring (bicyclic) bond motifs is 1. The van der Waals surface area contributed by atoms with Gasteiger partial charge in [0.25, 0.3) is 0 Å². The van der Waals surface area contributed by atoms with Gasteiger partial charge in [0.2, 0.25) is 0 Å². The predicted molar refractivity (Wildman–Crippen MR) is 321 cm³/mol. The Bertz CT molecular complexity index is 2130. The number of H-pyrrole nitrogens is 1. The first-order valence-corrected chi connectivity index (χ1v) is 29.0. The Morgan fingerprint density at radius 3 is 1.14 bits per heavy atom. The van der Waals surface area contributed by atoms with Crippen molar-refractivity contribution in [3.63, 3.8) is 0 Å². The van der Waals surface area contributed by atoms with E-state index >= 15 is 0 Å². The van der Waals surface area contributed by atoms with E-state index < -0.39 is 0 Å². The van der Waals surface area contributed by atoms with Gasteiger partial charge in [0, 0.05) is 17.1 Å². The minimum Gasteiger partial charge on any atom is -0.361 e. The van der Waals surface area contributed by atoms with E-state index in [0.29, 0.717) is 23.7 Å². The average Bonchev–Trinajstić information content (AvgIpc) is 3.70. The molecule has 0 atom stereocenters. The molecule has 1 aromatic heterocycles. The number of aromatic amines is 1. The van der Waals surface area contributed by atoms with Crippen molar-refractivity contribution in [2.75, 3.05) is 0 Å². The molecule has 398 valence electrons. The van der Waals surface area contributed by atoms with Gasteiger partial charge in [-0.2, -0.15) is 0 Å². The average molecular weight is 969 g/mol. The molecule has 0 amide bonds. The van der Waals surface area contributed by atoms with Crippen molar-refractivity contribution in [3.05, 3.63) is 142 Å². The fraction of sp³-hybridized carbons (Fsp3) is 0.629. The van der Waals surface area contributed by atoms with Crippen molar-refractivity contribution in [1.29, 1.82) is 0 Å². The maximum Gasteiger partial charge on any atom is 0.0456 e. The maximum atomic E-state index is 3.44. The van der Waals surface area contributed by atoms with Crippen molar-refractivity contribution >= 4 is 10.9 Å². The third-order valence-corrected chi connectivity index (χ3v) is 16.1. The standard InChI is InChI=1S/C19H29N.3C17H28/c1-12(2)15-7-8-19-18(9-15)16(11-20-19)10-17(13(3)4)14(5)6;1-12(2)16-9-7-15(8-10-16)11-17(13(3)4)14(5)6;1-12(2)16-9-7-8-15(10-16)11-17(13(3)4)14(5)6;1-12(2)16-10-8-7-9-15(16)11-17(13(3)4)14(5)6/h7-9,11-14,17,20H,10H2,1-6H3;3*7-10,12-14,17H,11H2,1-6H3. The largest absolute Gasteiger partial charge is 0.361 e. The van der Waals surface area contributed by atoms with E-state index in [0.717, 1.165) is 71.0 Å². The summed E-state index contributed by atoms with van der Waals surface area (Å²) >= 11 is 0. The monoisotopic (exact) mass is 968 g/mol. The molecule has 0 aliphatic heterocycles. The van der Waals surface area contributed by atoms with Crippen LogP contribution in [0.3, 0.4) is 0 Å². The van der Waals surface area contributed by atoms with Crippen LogP contribution in [0.25, 0.3) is 10.9 Å². The lowest BCUT2D eigenvalue weighted by atomic mass is 9.79. The highest BCUT2D eigenvalue weighted by atomic mass is 14.7. The molecule has 0 aliphatic rings. The molecule has 4 aromatic carbocycles. The van der Waals surface area contributed by atoms with E-state index in [4.69, 9.17) is 0 Å². The second-order valence-electron chi connectivity index (χ2n) is 25.8. The minimum absolute atomic E-state index is 0.591. The van der Waals surface area contributed by atoms with E-state index in [2.05, 4.69) is 268 Å². The van der Waals surface area contributed by atoms with Gasteiger partial charge in [-0.25, -0.2) is 0 Å². The van der Waals surface area contributed by atoms with E-state index in [1.807, 2.05) is 0 Å². The molecule has 0 fully saturated rings. The molecule has 1 heteroatoms. The highest BCUT2D eigenvalue weighted by Gasteiger charge is 2.22. The second kappa shape index (κ2) is 31.2. The first-order valence-electron chi connectivity index (χ1n) is 29.0. The van der Waals surface area contributed by atoms with Gasteiger partial charge in [-0.3, -0.25) is 0 Å². The van der Waals surface area contributed by atoms with E-state index in [1.54, 1.807) is 5.56 Å². The Hall–Kier alpha value is -3.58. The van der Waals surface area contributed by atoms with Gasteiger partial charge >= 0.3 is 0 Å². The highest BCUT2D eigenvalue weighted by Crippen LogP contribution is 2.32. The molecule has 0 radical (unpaired) electrons. The molecule has 1 nitrogen and oxygen atoms in total. The number of benzene rings is 4. The lowest BCUT2D eigenvalue weighted by Gasteiger charge is -2.26. The molecule has 1 heterocycles. The molecule has 0 unspecified atom stereocenters. The van der Waals surface area contributed by atoms with Gasteiger partial charge < -0.3 is 4.98 Å². The number of hydrogen-bond donors (Lipinski definition) is 1. The molecule has 1 N–H and O–H groups in total. The summed E-state index contributed by atoms with van der Waals surface area (Å²) in [5.74, 6) is 11.6. The lowest BCUT2D eigenvalue weighted by molar-refractivity contribution is 0.285. The maximum absolute atomic E-state index is 3.44. The van der Waals surface area contributed by atoms with Crippen LogP contribution in [0.5, 0.6) is 0 Å². The zero-order valence-electron chi connectivity index (χ0n) is 50.8. The molecule has 5 aromatic rings. The summed E-state index contributed by atoms with van der Waals surface area (Å²) in [7, 11) is 0. The van der Waals surface area contributed by atoms with Crippen LogP contribution < -0.4 is 0 Å². The van der Waals surface area contributed by atoms with E-state index in [9.17, 15) is 0 Å². The number of nitrogens with one attached hydrogen (secondary N) is 1. The van der Waals surface area contributed by atoms with Crippen LogP contribution in [0.4, 0.5) is 0 Å². The van der Waals surface area contributed by atoms with Crippen molar-refractivity contribution in [1.82, 2.24) is 4.98 Å². The van der Waals surface area contributed by atoms with Crippen LogP contribution in [0.1, 0.15) is 234 Å². The Kier molecular flexibility index (Phi) is 27.9. The van der Waals surface area contributed by atoms with E-state index in [1.165, 1.54) is 75.5 Å². The smallest absolute Gasteiger partial charge is 0.0456 e. The van der Waals surface area contributed by atoms with Crippen molar-refractivity contribution in [2.24, 2.45) is 71.0 Å². The molecule has 71 heavy (non-hydrogen) atoms. The molecular weight excluding hydrogens is 855 g/mol. The van der Waals surface area contributed by atoms with Gasteiger partial charge in [-0.15, -0.1) is 0 Å². The molecule has 0 aliphatic carbocycles. The SMILES string of the molecule is CC(C)c1ccc(CC(C(C)C)C(C)C)cc1.CC(C)c1ccc2[nH]cc(CC(C(C)C)C(C)C)c2c1.CC(C)c1cccc(CC(C(C)C)C(C)C)c1.CC(C)c1ccccc1CC(C(C)C)C(C)C. The van der Waals surface area contributed by atoms with Crippen LogP contribution in [-0.2, 0) is 25.7 Å². The van der Waals surface area contributed by atoms with Crippen LogP contribution in [0.15, 0.2) is 97.2 Å². The van der Waals surface area contributed by atoms with Crippen molar-refractivity contribution < 1.29 is 0 Å². The number of aromatic nitrogens is 1. The first-order chi connectivity index (χ1) is 33.2. The van der Waals surface area contributed by atoms with Gasteiger partial charge in [-0.1, -0.05) is 245 Å². The summed E-state index contributed by atoms with van der Waals surface area (Å²) in [4.78, 5) is 3.44. The Labute approximate surface area is 442 Å². The van der Waals surface area contributed by atoms with Gasteiger partial charge in [0.15, 0.2) is 0 Å². The first kappa shape index (κ1) is 63.5. The Morgan fingerprint density at radius 2 is 0.704 bits per heavy atom. The van der Waals surface area contributed by atoms with Gasteiger partial charge in [0.05, 0.1) is 0 Å². The van der Waals surface area contributed by atoms with Gasteiger partial charge in [-0.05, 0) is 177 Å². The Balaban J connectivity index is 0.000000325. The number of hydrogen-bond acceptors (Lipinski definition) is 0. The fourth-order valence-corrected chi connectivity index (χ4v) is 11.1. The summed E-state index contributed by atoms with van der Waals surface area (Å²) < 4.78 is 0. The summed E-state index contributed by atoms with van der Waals surface area (Å²) in [5.41, 5.74) is 13.2. The van der Waals surface area contributed by atoms with Crippen LogP contribution in [0, 0.1) is 71.0 Å². The molecule has 5 rings (SSSR count). The van der Waals surface area contributed by atoms with Crippen molar-refractivity contribution in [3.8, 4) is 0 Å². The number of rotatable bonds is 20. The zero-order valence-corrected chi connectivity index (χ0v) is 50.8. The Morgan fingerprint density at radius 1 is 0.310 bits per heavy atom. The minimum atomic E-state index is 0.591. The van der Waals surface area contributed by atoms with Crippen molar-refractivity contribution in [2.45, 2.75) is 216 Å². The van der Waals surface area contributed by atoms with Crippen LogP contribution in [-0.4, -0.2) is 4.98 Å². The topological polar surface area (TPSA) is 15.8 Å². The molecule has 0 bridgehead atoms. The third kappa shape index (κ3) is 21.4. The molecule has 0 saturated heterocycles.